The summed E-state index contributed by atoms with van der Waals surface area (Å²) in [7, 11) is 0. The van der Waals surface area contributed by atoms with Gasteiger partial charge in [0.05, 0.1) is 11.3 Å². The summed E-state index contributed by atoms with van der Waals surface area (Å²) < 4.78 is 36.7. The van der Waals surface area contributed by atoms with Crippen LogP contribution in [0.3, 0.4) is 0 Å². The minimum Gasteiger partial charge on any atom is -0.336 e. The fourth-order valence-electron chi connectivity index (χ4n) is 1.10. The number of amides is 2. The summed E-state index contributed by atoms with van der Waals surface area (Å²) in [5, 5.41) is 4.92. The van der Waals surface area contributed by atoms with E-state index in [1.165, 1.54) is 0 Å². The van der Waals surface area contributed by atoms with Gasteiger partial charge in [-0.1, -0.05) is 0 Å². The smallest absolute Gasteiger partial charge is 0.336 e. The predicted molar refractivity (Wildman–Crippen MR) is 57.6 cm³/mol. The number of carbonyl (C=O) groups is 1. The van der Waals surface area contributed by atoms with E-state index in [-0.39, 0.29) is 11.7 Å². The molecule has 2 N–H and O–H groups in total. The largest absolute Gasteiger partial charge is 0.416 e. The second kappa shape index (κ2) is 5.07. The predicted octanol–water partition coefficient (Wildman–Crippen LogP) is 3.04. The first kappa shape index (κ1) is 13.3. The van der Waals surface area contributed by atoms with Gasteiger partial charge >= 0.3 is 12.2 Å². The Morgan fingerprint density at radius 2 is 2.00 bits per heavy atom. The van der Waals surface area contributed by atoms with Gasteiger partial charge in [-0.05, 0) is 32.0 Å². The third-order valence-corrected chi connectivity index (χ3v) is 1.81. The summed E-state index contributed by atoms with van der Waals surface area (Å²) in [5.74, 6) is 0. The van der Waals surface area contributed by atoms with Gasteiger partial charge in [0.1, 0.15) is 0 Å². The number of benzene rings is 1. The Morgan fingerprint density at radius 1 is 1.35 bits per heavy atom. The molecule has 0 heterocycles. The molecule has 1 radical (unpaired) electrons. The first-order valence-corrected chi connectivity index (χ1v) is 4.95. The lowest BCUT2D eigenvalue weighted by atomic mass is 10.2. The monoisotopic (exact) mass is 245 g/mol. The number of hydrogen-bond donors (Lipinski definition) is 2. The Bertz CT molecular complexity index is 385. The highest BCUT2D eigenvalue weighted by Crippen LogP contribution is 2.29. The van der Waals surface area contributed by atoms with Crippen molar-refractivity contribution in [1.82, 2.24) is 5.32 Å². The summed E-state index contributed by atoms with van der Waals surface area (Å²) in [6.07, 6.45) is -4.39. The highest BCUT2D eigenvalue weighted by Gasteiger charge is 2.30. The number of urea groups is 1. The molecule has 0 saturated carbocycles. The van der Waals surface area contributed by atoms with E-state index >= 15 is 0 Å². The second-order valence-electron chi connectivity index (χ2n) is 3.74. The van der Waals surface area contributed by atoms with Crippen molar-refractivity contribution in [2.45, 2.75) is 26.1 Å². The van der Waals surface area contributed by atoms with Gasteiger partial charge in [0, 0.05) is 12.1 Å². The van der Waals surface area contributed by atoms with Gasteiger partial charge in [-0.25, -0.2) is 4.79 Å². The zero-order valence-corrected chi connectivity index (χ0v) is 9.35. The minimum absolute atomic E-state index is 0.0514. The molecule has 0 spiro atoms. The van der Waals surface area contributed by atoms with Crippen LogP contribution in [0, 0.1) is 6.07 Å². The molecular formula is C11H12F3N2O. The summed E-state index contributed by atoms with van der Waals surface area (Å²) in [5.41, 5.74) is -0.608. The van der Waals surface area contributed by atoms with Crippen molar-refractivity contribution in [3.63, 3.8) is 0 Å². The lowest BCUT2D eigenvalue weighted by molar-refractivity contribution is -0.137. The highest BCUT2D eigenvalue weighted by molar-refractivity contribution is 5.89. The van der Waals surface area contributed by atoms with E-state index in [0.717, 1.165) is 18.2 Å². The molecule has 0 aliphatic rings. The van der Waals surface area contributed by atoms with Crippen LogP contribution >= 0.6 is 0 Å². The van der Waals surface area contributed by atoms with Crippen LogP contribution in [0.1, 0.15) is 19.4 Å². The lowest BCUT2D eigenvalue weighted by Crippen LogP contribution is -2.34. The molecule has 0 aromatic heterocycles. The quantitative estimate of drug-likeness (QED) is 0.826. The summed E-state index contributed by atoms with van der Waals surface area (Å²) >= 11 is 0. The van der Waals surface area contributed by atoms with Crippen molar-refractivity contribution >= 4 is 11.7 Å². The molecule has 0 aliphatic heterocycles. The molecule has 0 bridgehead atoms. The third-order valence-electron chi connectivity index (χ3n) is 1.81. The van der Waals surface area contributed by atoms with Crippen molar-refractivity contribution in [1.29, 1.82) is 0 Å². The van der Waals surface area contributed by atoms with Gasteiger partial charge in [0.15, 0.2) is 0 Å². The van der Waals surface area contributed by atoms with E-state index < -0.39 is 17.8 Å². The van der Waals surface area contributed by atoms with Gasteiger partial charge in [-0.2, -0.15) is 13.2 Å². The molecule has 2 amide bonds. The molecule has 17 heavy (non-hydrogen) atoms. The van der Waals surface area contributed by atoms with Gasteiger partial charge in [-0.15, -0.1) is 0 Å². The van der Waals surface area contributed by atoms with E-state index in [0.29, 0.717) is 0 Å². The first-order chi connectivity index (χ1) is 7.79. The van der Waals surface area contributed by atoms with Crippen LogP contribution in [-0.2, 0) is 6.18 Å². The Kier molecular flexibility index (Phi) is 3.98. The first-order valence-electron chi connectivity index (χ1n) is 4.95. The number of alkyl halides is 3. The standard InChI is InChI=1S/C11H12F3N2O/c1-7(2)15-10(17)16-9-5-3-8(4-6-9)11(12,13)14/h3-5,7H,1-2H3,(H2,15,16,17). The van der Waals surface area contributed by atoms with Crippen LogP contribution in [0.5, 0.6) is 0 Å². The number of halogens is 3. The number of rotatable bonds is 2. The number of anilines is 1. The zero-order chi connectivity index (χ0) is 13.1. The van der Waals surface area contributed by atoms with Crippen molar-refractivity contribution in [2.24, 2.45) is 0 Å². The van der Waals surface area contributed by atoms with Crippen LogP contribution in [0.4, 0.5) is 23.7 Å². The lowest BCUT2D eigenvalue weighted by Gasteiger charge is -2.11. The molecule has 6 heteroatoms. The average Bonchev–Trinajstić information content (AvgIpc) is 2.15. The van der Waals surface area contributed by atoms with E-state index in [1.807, 2.05) is 0 Å². The second-order valence-corrected chi connectivity index (χ2v) is 3.74. The average molecular weight is 245 g/mol. The van der Waals surface area contributed by atoms with Crippen LogP contribution in [-0.4, -0.2) is 12.1 Å². The Balaban J connectivity index is 2.66. The maximum Gasteiger partial charge on any atom is 0.416 e. The summed E-state index contributed by atoms with van der Waals surface area (Å²) in [6, 6.07) is 4.67. The Morgan fingerprint density at radius 3 is 2.41 bits per heavy atom. The molecule has 1 aromatic carbocycles. The maximum atomic E-state index is 12.2. The topological polar surface area (TPSA) is 41.1 Å². The summed E-state index contributed by atoms with van der Waals surface area (Å²) in [6.45, 7) is 3.55. The molecule has 1 rings (SSSR count). The molecule has 0 aliphatic carbocycles. The molecule has 1 aromatic rings. The molecule has 0 saturated heterocycles. The van der Waals surface area contributed by atoms with E-state index in [1.54, 1.807) is 13.8 Å². The molecule has 0 fully saturated rings. The number of nitrogens with one attached hydrogen (secondary N) is 2. The van der Waals surface area contributed by atoms with Gasteiger partial charge in [0.2, 0.25) is 0 Å². The van der Waals surface area contributed by atoms with Crippen LogP contribution < -0.4 is 10.6 Å². The maximum absolute atomic E-state index is 12.2. The van der Waals surface area contributed by atoms with Crippen LogP contribution in [0.2, 0.25) is 0 Å². The Labute approximate surface area is 97.0 Å². The number of carbonyl (C=O) groups excluding carboxylic acids is 1. The minimum atomic E-state index is -4.39. The SMILES string of the molecule is CC(C)NC(=O)Nc1[c]cc(C(F)(F)F)cc1. The van der Waals surface area contributed by atoms with Gasteiger partial charge in [0.25, 0.3) is 0 Å². The fraction of sp³-hybridized carbons (Fsp3) is 0.364. The van der Waals surface area contributed by atoms with Crippen molar-refractivity contribution in [3.05, 3.63) is 29.8 Å². The van der Waals surface area contributed by atoms with E-state index in [2.05, 4.69) is 16.7 Å². The van der Waals surface area contributed by atoms with Crippen LogP contribution in [0.25, 0.3) is 0 Å². The molecule has 3 nitrogen and oxygen atoms in total. The summed E-state index contributed by atoms with van der Waals surface area (Å²) in [4.78, 5) is 11.2. The van der Waals surface area contributed by atoms with Crippen LogP contribution in [0.15, 0.2) is 18.2 Å². The number of hydrogen-bond acceptors (Lipinski definition) is 1. The van der Waals surface area contributed by atoms with E-state index in [9.17, 15) is 18.0 Å². The zero-order valence-electron chi connectivity index (χ0n) is 9.35. The fourth-order valence-corrected chi connectivity index (χ4v) is 1.10. The molecule has 93 valence electrons. The van der Waals surface area contributed by atoms with Gasteiger partial charge in [-0.3, -0.25) is 0 Å². The van der Waals surface area contributed by atoms with Crippen molar-refractivity contribution in [2.75, 3.05) is 5.32 Å². The third kappa shape index (κ3) is 4.34. The van der Waals surface area contributed by atoms with E-state index in [4.69, 9.17) is 0 Å². The van der Waals surface area contributed by atoms with Gasteiger partial charge < -0.3 is 10.6 Å². The molecule has 0 atom stereocenters. The normalized spacial score (nSPS) is 11.4. The Hall–Kier alpha value is -1.72. The van der Waals surface area contributed by atoms with Crippen molar-refractivity contribution < 1.29 is 18.0 Å². The highest BCUT2D eigenvalue weighted by atomic mass is 19.4. The van der Waals surface area contributed by atoms with Crippen molar-refractivity contribution in [3.8, 4) is 0 Å². The molecule has 0 unspecified atom stereocenters. The molecular weight excluding hydrogens is 233 g/mol.